The Morgan fingerprint density at radius 2 is 2.17 bits per heavy atom. The van der Waals surface area contributed by atoms with Crippen LogP contribution in [0.4, 0.5) is 0 Å². The molecule has 0 saturated carbocycles. The topological polar surface area (TPSA) is 21.3 Å². The number of nitrogens with one attached hydrogen (secondary N) is 1. The van der Waals surface area contributed by atoms with Gasteiger partial charge in [-0.15, -0.1) is 0 Å². The highest BCUT2D eigenvalue weighted by atomic mass is 16.5. The molecule has 1 aliphatic rings. The molecule has 0 bridgehead atoms. The van der Waals surface area contributed by atoms with Gasteiger partial charge in [-0.05, 0) is 65.3 Å². The Morgan fingerprint density at radius 3 is 2.72 bits per heavy atom. The van der Waals surface area contributed by atoms with Gasteiger partial charge in [-0.3, -0.25) is 0 Å². The Morgan fingerprint density at radius 1 is 1.39 bits per heavy atom. The minimum atomic E-state index is 0.00855. The van der Waals surface area contributed by atoms with Gasteiger partial charge < -0.3 is 10.1 Å². The molecule has 1 aliphatic carbocycles. The van der Waals surface area contributed by atoms with E-state index in [1.807, 2.05) is 7.11 Å². The molecule has 18 heavy (non-hydrogen) atoms. The lowest BCUT2D eigenvalue weighted by Crippen LogP contribution is -2.33. The van der Waals surface area contributed by atoms with Crippen molar-refractivity contribution < 1.29 is 4.74 Å². The van der Waals surface area contributed by atoms with Gasteiger partial charge in [0.15, 0.2) is 0 Å². The first kappa shape index (κ1) is 15.7. The predicted molar refractivity (Wildman–Crippen MR) is 79.0 cm³/mol. The highest BCUT2D eigenvalue weighted by molar-refractivity contribution is 5.07. The van der Waals surface area contributed by atoms with Crippen LogP contribution >= 0.6 is 0 Å². The molecular formula is C16H31NO. The third kappa shape index (κ3) is 6.01. The number of methoxy groups -OCH3 is 1. The third-order valence-corrected chi connectivity index (χ3v) is 4.03. The lowest BCUT2D eigenvalue weighted by molar-refractivity contribution is 0.0117. The van der Waals surface area contributed by atoms with Crippen LogP contribution in [0.2, 0.25) is 0 Å². The number of hydrogen-bond acceptors (Lipinski definition) is 2. The van der Waals surface area contributed by atoms with E-state index in [0.717, 1.165) is 13.0 Å². The van der Waals surface area contributed by atoms with Crippen molar-refractivity contribution in [1.82, 2.24) is 5.32 Å². The first-order valence-corrected chi connectivity index (χ1v) is 7.54. The molecule has 2 heteroatoms. The minimum Gasteiger partial charge on any atom is -0.379 e. The van der Waals surface area contributed by atoms with E-state index in [2.05, 4.69) is 32.2 Å². The molecule has 1 N–H and O–H groups in total. The van der Waals surface area contributed by atoms with Gasteiger partial charge in [-0.25, -0.2) is 0 Å². The van der Waals surface area contributed by atoms with Gasteiger partial charge in [0.25, 0.3) is 0 Å². The van der Waals surface area contributed by atoms with Crippen molar-refractivity contribution in [3.8, 4) is 0 Å². The van der Waals surface area contributed by atoms with Gasteiger partial charge in [0, 0.05) is 13.2 Å². The van der Waals surface area contributed by atoms with Crippen molar-refractivity contribution in [3.63, 3.8) is 0 Å². The van der Waals surface area contributed by atoms with E-state index >= 15 is 0 Å². The van der Waals surface area contributed by atoms with E-state index in [4.69, 9.17) is 4.74 Å². The Kier molecular flexibility index (Phi) is 6.95. The van der Waals surface area contributed by atoms with Crippen LogP contribution in [0.15, 0.2) is 11.6 Å². The Labute approximate surface area is 113 Å². The molecule has 1 unspecified atom stereocenters. The average molecular weight is 253 g/mol. The van der Waals surface area contributed by atoms with E-state index in [9.17, 15) is 0 Å². The van der Waals surface area contributed by atoms with E-state index < -0.39 is 0 Å². The summed E-state index contributed by atoms with van der Waals surface area (Å²) in [5.41, 5.74) is 1.68. The first-order valence-electron chi connectivity index (χ1n) is 7.54. The average Bonchev–Trinajstić information content (AvgIpc) is 2.38. The van der Waals surface area contributed by atoms with E-state index in [1.165, 1.54) is 38.5 Å². The van der Waals surface area contributed by atoms with E-state index in [-0.39, 0.29) is 5.60 Å². The van der Waals surface area contributed by atoms with Crippen LogP contribution in [0.3, 0.4) is 0 Å². The lowest BCUT2D eigenvalue weighted by Gasteiger charge is -2.27. The molecule has 0 aromatic rings. The minimum absolute atomic E-state index is 0.00855. The van der Waals surface area contributed by atoms with Crippen molar-refractivity contribution in [1.29, 1.82) is 0 Å². The van der Waals surface area contributed by atoms with Crippen molar-refractivity contribution in [2.75, 3.05) is 13.7 Å². The SMILES string of the molecule is CCNC(CCC(C)(C)OC)CC1=CCCCC1. The van der Waals surface area contributed by atoms with Gasteiger partial charge in [0.05, 0.1) is 5.60 Å². The van der Waals surface area contributed by atoms with Gasteiger partial charge in [0.2, 0.25) is 0 Å². The van der Waals surface area contributed by atoms with Crippen LogP contribution in [0.5, 0.6) is 0 Å². The molecule has 106 valence electrons. The second-order valence-electron chi connectivity index (χ2n) is 6.07. The summed E-state index contributed by atoms with van der Waals surface area (Å²) in [4.78, 5) is 0. The van der Waals surface area contributed by atoms with Crippen LogP contribution < -0.4 is 5.32 Å². The van der Waals surface area contributed by atoms with Gasteiger partial charge in [-0.2, -0.15) is 0 Å². The zero-order valence-electron chi connectivity index (χ0n) is 12.7. The second kappa shape index (κ2) is 7.96. The summed E-state index contributed by atoms with van der Waals surface area (Å²) in [6, 6.07) is 0.619. The molecule has 1 atom stereocenters. The number of allylic oxidation sites excluding steroid dienone is 1. The molecule has 0 fully saturated rings. The molecule has 0 radical (unpaired) electrons. The first-order chi connectivity index (χ1) is 8.57. The number of rotatable bonds is 8. The van der Waals surface area contributed by atoms with Crippen molar-refractivity contribution in [3.05, 3.63) is 11.6 Å². The number of ether oxygens (including phenoxy) is 1. The molecule has 0 amide bonds. The summed E-state index contributed by atoms with van der Waals surface area (Å²) in [7, 11) is 1.81. The maximum atomic E-state index is 5.51. The highest BCUT2D eigenvalue weighted by Crippen LogP contribution is 2.24. The molecule has 0 aliphatic heterocycles. The van der Waals surface area contributed by atoms with Crippen molar-refractivity contribution >= 4 is 0 Å². The predicted octanol–water partition coefficient (Wildman–Crippen LogP) is 4.06. The Bertz CT molecular complexity index is 258. The molecule has 0 aromatic heterocycles. The summed E-state index contributed by atoms with van der Waals surface area (Å²) in [5.74, 6) is 0. The molecule has 0 heterocycles. The van der Waals surface area contributed by atoms with Gasteiger partial charge in [-0.1, -0.05) is 18.6 Å². The van der Waals surface area contributed by atoms with Crippen LogP contribution in [-0.4, -0.2) is 25.3 Å². The summed E-state index contributed by atoms with van der Waals surface area (Å²) >= 11 is 0. The van der Waals surface area contributed by atoms with Crippen LogP contribution in [-0.2, 0) is 4.74 Å². The third-order valence-electron chi connectivity index (χ3n) is 4.03. The maximum absolute atomic E-state index is 5.51. The van der Waals surface area contributed by atoms with Gasteiger partial charge >= 0.3 is 0 Å². The standard InChI is InChI=1S/C16H31NO/c1-5-17-15(11-12-16(2,3)18-4)13-14-9-7-6-8-10-14/h9,15,17H,5-8,10-13H2,1-4H3. The van der Waals surface area contributed by atoms with Crippen LogP contribution in [0.1, 0.15) is 65.7 Å². The van der Waals surface area contributed by atoms with E-state index in [0.29, 0.717) is 6.04 Å². The highest BCUT2D eigenvalue weighted by Gasteiger charge is 2.19. The van der Waals surface area contributed by atoms with Crippen LogP contribution in [0, 0.1) is 0 Å². The largest absolute Gasteiger partial charge is 0.379 e. The van der Waals surface area contributed by atoms with Crippen LogP contribution in [0.25, 0.3) is 0 Å². The number of hydrogen-bond donors (Lipinski definition) is 1. The fourth-order valence-electron chi connectivity index (χ4n) is 2.60. The normalized spacial score (nSPS) is 18.6. The zero-order valence-corrected chi connectivity index (χ0v) is 12.7. The fraction of sp³-hybridized carbons (Fsp3) is 0.875. The molecule has 0 spiro atoms. The Hall–Kier alpha value is -0.340. The monoisotopic (exact) mass is 253 g/mol. The molecule has 1 rings (SSSR count). The lowest BCUT2D eigenvalue weighted by atomic mass is 9.90. The Balaban J connectivity index is 2.41. The molecule has 0 aromatic carbocycles. The van der Waals surface area contributed by atoms with Crippen molar-refractivity contribution in [2.45, 2.75) is 77.4 Å². The quantitative estimate of drug-likeness (QED) is 0.659. The second-order valence-corrected chi connectivity index (χ2v) is 6.07. The smallest absolute Gasteiger partial charge is 0.0623 e. The summed E-state index contributed by atoms with van der Waals surface area (Å²) in [6.45, 7) is 7.61. The molecule has 2 nitrogen and oxygen atoms in total. The van der Waals surface area contributed by atoms with E-state index in [1.54, 1.807) is 5.57 Å². The maximum Gasteiger partial charge on any atom is 0.0623 e. The van der Waals surface area contributed by atoms with Gasteiger partial charge in [0.1, 0.15) is 0 Å². The summed E-state index contributed by atoms with van der Waals surface area (Å²) in [6.07, 6.45) is 11.4. The summed E-state index contributed by atoms with van der Waals surface area (Å²) < 4.78 is 5.51. The molecular weight excluding hydrogens is 222 g/mol. The fourth-order valence-corrected chi connectivity index (χ4v) is 2.60. The molecule has 0 saturated heterocycles. The van der Waals surface area contributed by atoms with Crippen molar-refractivity contribution in [2.24, 2.45) is 0 Å². The summed E-state index contributed by atoms with van der Waals surface area (Å²) in [5, 5.41) is 3.63. The zero-order chi connectivity index (χ0) is 13.4.